The fourth-order valence-electron chi connectivity index (χ4n) is 3.74. The molecule has 0 unspecified atom stereocenters. The number of hydrogen-bond donors (Lipinski definition) is 1. The number of imide groups is 2. The normalized spacial score (nSPS) is 14.7. The summed E-state index contributed by atoms with van der Waals surface area (Å²) in [6.07, 6.45) is 8.19. The van der Waals surface area contributed by atoms with Crippen molar-refractivity contribution >= 4 is 51.5 Å². The number of hydrogen-bond acceptors (Lipinski definition) is 6. The van der Waals surface area contributed by atoms with Crippen LogP contribution in [0.15, 0.2) is 52.5 Å². The van der Waals surface area contributed by atoms with Gasteiger partial charge in [0.2, 0.25) is 0 Å². The summed E-state index contributed by atoms with van der Waals surface area (Å²) >= 11 is 3.42. The van der Waals surface area contributed by atoms with Crippen molar-refractivity contribution in [3.63, 3.8) is 0 Å². The van der Waals surface area contributed by atoms with Crippen molar-refractivity contribution in [2.45, 2.75) is 45.4 Å². The van der Waals surface area contributed by atoms with Crippen LogP contribution in [0.2, 0.25) is 0 Å². The number of rotatable bonds is 11. The van der Waals surface area contributed by atoms with Crippen LogP contribution in [0, 0.1) is 0 Å². The molecule has 2 aromatic carbocycles. The molecule has 9 heteroatoms. The molecule has 0 saturated carbocycles. The molecule has 2 aromatic rings. The van der Waals surface area contributed by atoms with Crippen LogP contribution < -0.4 is 15.0 Å². The van der Waals surface area contributed by atoms with E-state index in [1.807, 2.05) is 6.07 Å². The number of methoxy groups -OCH3 is 1. The quantitative estimate of drug-likeness (QED) is 0.166. The first-order valence-electron chi connectivity index (χ1n) is 11.9. The van der Waals surface area contributed by atoms with Crippen molar-refractivity contribution in [2.24, 2.45) is 0 Å². The van der Waals surface area contributed by atoms with Crippen LogP contribution in [0.25, 0.3) is 6.08 Å². The first-order chi connectivity index (χ1) is 17.3. The number of esters is 1. The number of ether oxygens (including phenoxy) is 2. The Balaban J connectivity index is 1.81. The second-order valence-corrected chi connectivity index (χ2v) is 9.21. The number of carbonyl (C=O) groups is 4. The summed E-state index contributed by atoms with van der Waals surface area (Å²) in [5.41, 5.74) is 0.787. The summed E-state index contributed by atoms with van der Waals surface area (Å²) in [4.78, 5) is 50.9. The van der Waals surface area contributed by atoms with Crippen LogP contribution in [0.3, 0.4) is 0 Å². The van der Waals surface area contributed by atoms with Gasteiger partial charge in [0.15, 0.2) is 0 Å². The van der Waals surface area contributed by atoms with Crippen molar-refractivity contribution in [3.8, 4) is 5.75 Å². The number of halogens is 1. The zero-order chi connectivity index (χ0) is 26.1. The molecular formula is C27H29BrN2O6. The SMILES string of the molecule is CCCCCCCCOc1ccc(Br)cc1/C=C1/C(=O)NC(=O)N(c2ccc(C(=O)OC)cc2)C1=O. The zero-order valence-electron chi connectivity index (χ0n) is 20.3. The lowest BCUT2D eigenvalue weighted by Gasteiger charge is -2.26. The van der Waals surface area contributed by atoms with E-state index < -0.39 is 23.8 Å². The van der Waals surface area contributed by atoms with Gasteiger partial charge in [-0.15, -0.1) is 0 Å². The molecule has 0 bridgehead atoms. The van der Waals surface area contributed by atoms with Gasteiger partial charge in [0.25, 0.3) is 11.8 Å². The van der Waals surface area contributed by atoms with E-state index >= 15 is 0 Å². The maximum absolute atomic E-state index is 13.2. The number of nitrogens with zero attached hydrogens (tertiary/aromatic N) is 1. The van der Waals surface area contributed by atoms with E-state index in [1.165, 1.54) is 56.7 Å². The van der Waals surface area contributed by atoms with Crippen LogP contribution in [0.5, 0.6) is 5.75 Å². The number of amides is 4. The highest BCUT2D eigenvalue weighted by Crippen LogP contribution is 2.28. The van der Waals surface area contributed by atoms with E-state index in [4.69, 9.17) is 4.74 Å². The Morgan fingerprint density at radius 3 is 2.39 bits per heavy atom. The van der Waals surface area contributed by atoms with Crippen molar-refractivity contribution in [3.05, 3.63) is 63.6 Å². The van der Waals surface area contributed by atoms with Gasteiger partial charge in [-0.3, -0.25) is 14.9 Å². The van der Waals surface area contributed by atoms with Crippen molar-refractivity contribution in [2.75, 3.05) is 18.6 Å². The Labute approximate surface area is 218 Å². The number of benzene rings is 2. The highest BCUT2D eigenvalue weighted by atomic mass is 79.9. The van der Waals surface area contributed by atoms with Crippen molar-refractivity contribution in [1.29, 1.82) is 0 Å². The molecule has 1 fully saturated rings. The predicted molar refractivity (Wildman–Crippen MR) is 140 cm³/mol. The molecule has 4 amide bonds. The molecule has 0 aliphatic carbocycles. The molecule has 1 heterocycles. The lowest BCUT2D eigenvalue weighted by molar-refractivity contribution is -0.122. The molecule has 36 heavy (non-hydrogen) atoms. The Kier molecular flexibility index (Phi) is 9.81. The minimum atomic E-state index is -0.873. The molecule has 1 aliphatic heterocycles. The molecule has 3 rings (SSSR count). The molecule has 0 atom stereocenters. The van der Waals surface area contributed by atoms with Gasteiger partial charge in [-0.2, -0.15) is 0 Å². The van der Waals surface area contributed by atoms with Crippen molar-refractivity contribution < 1.29 is 28.7 Å². The molecule has 0 spiro atoms. The second-order valence-electron chi connectivity index (χ2n) is 8.29. The second kappa shape index (κ2) is 13.0. The predicted octanol–water partition coefficient (Wildman–Crippen LogP) is 5.64. The van der Waals surface area contributed by atoms with E-state index in [-0.39, 0.29) is 16.8 Å². The third-order valence-corrected chi connectivity index (χ3v) is 6.17. The number of barbiturate groups is 1. The van der Waals surface area contributed by atoms with Gasteiger partial charge < -0.3 is 9.47 Å². The smallest absolute Gasteiger partial charge is 0.337 e. The minimum Gasteiger partial charge on any atom is -0.493 e. The topological polar surface area (TPSA) is 102 Å². The molecule has 1 saturated heterocycles. The van der Waals surface area contributed by atoms with Crippen molar-refractivity contribution in [1.82, 2.24) is 5.32 Å². The van der Waals surface area contributed by atoms with Gasteiger partial charge in [-0.25, -0.2) is 14.5 Å². The van der Waals surface area contributed by atoms with Crippen LogP contribution in [-0.4, -0.2) is 37.5 Å². The van der Waals surface area contributed by atoms with Gasteiger partial charge in [-0.1, -0.05) is 55.0 Å². The Hall–Kier alpha value is -3.46. The Bertz CT molecular complexity index is 1160. The Morgan fingerprint density at radius 2 is 1.69 bits per heavy atom. The van der Waals surface area contributed by atoms with Gasteiger partial charge in [-0.05, 0) is 55.0 Å². The number of nitrogens with one attached hydrogen (secondary N) is 1. The zero-order valence-corrected chi connectivity index (χ0v) is 21.9. The fraction of sp³-hybridized carbons (Fsp3) is 0.333. The van der Waals surface area contributed by atoms with Gasteiger partial charge in [0, 0.05) is 10.0 Å². The maximum atomic E-state index is 13.2. The molecule has 8 nitrogen and oxygen atoms in total. The lowest BCUT2D eigenvalue weighted by atomic mass is 10.1. The van der Waals surface area contributed by atoms with Gasteiger partial charge in [0.05, 0.1) is 25.0 Å². The molecule has 0 radical (unpaired) electrons. The fourth-order valence-corrected chi connectivity index (χ4v) is 4.12. The highest BCUT2D eigenvalue weighted by molar-refractivity contribution is 9.10. The lowest BCUT2D eigenvalue weighted by Crippen LogP contribution is -2.54. The van der Waals surface area contributed by atoms with E-state index in [2.05, 4.69) is 32.9 Å². The molecule has 1 aliphatic rings. The Morgan fingerprint density at radius 1 is 1.00 bits per heavy atom. The minimum absolute atomic E-state index is 0.206. The van der Waals surface area contributed by atoms with Crippen LogP contribution >= 0.6 is 15.9 Å². The standard InChI is InChI=1S/C27H29BrN2O6/c1-3-4-5-6-7-8-15-36-23-14-11-20(28)16-19(23)17-22-24(31)29-27(34)30(25(22)32)21-12-9-18(10-13-21)26(33)35-2/h9-14,16-17H,3-8,15H2,1-2H3,(H,29,31,34)/b22-17-. The summed E-state index contributed by atoms with van der Waals surface area (Å²) in [7, 11) is 1.26. The van der Waals surface area contributed by atoms with E-state index in [1.54, 1.807) is 12.1 Å². The average Bonchev–Trinajstić information content (AvgIpc) is 2.86. The van der Waals surface area contributed by atoms with Crippen LogP contribution in [0.1, 0.15) is 61.4 Å². The van der Waals surface area contributed by atoms with Crippen LogP contribution in [-0.2, 0) is 14.3 Å². The van der Waals surface area contributed by atoms with E-state index in [0.717, 1.165) is 28.6 Å². The third kappa shape index (κ3) is 6.81. The summed E-state index contributed by atoms with van der Waals surface area (Å²) in [5, 5.41) is 2.20. The maximum Gasteiger partial charge on any atom is 0.337 e. The van der Waals surface area contributed by atoms with E-state index in [9.17, 15) is 19.2 Å². The van der Waals surface area contributed by atoms with Gasteiger partial charge >= 0.3 is 12.0 Å². The largest absolute Gasteiger partial charge is 0.493 e. The number of urea groups is 1. The summed E-state index contributed by atoms with van der Waals surface area (Å²) in [5.74, 6) is -1.59. The highest BCUT2D eigenvalue weighted by Gasteiger charge is 2.37. The summed E-state index contributed by atoms with van der Waals surface area (Å²) in [6, 6.07) is 10.2. The first kappa shape index (κ1) is 27.1. The third-order valence-electron chi connectivity index (χ3n) is 5.68. The van der Waals surface area contributed by atoms with Gasteiger partial charge in [0.1, 0.15) is 11.3 Å². The summed E-state index contributed by atoms with van der Waals surface area (Å²) < 4.78 is 11.4. The number of unbranched alkanes of at least 4 members (excludes halogenated alkanes) is 5. The molecule has 190 valence electrons. The molecule has 0 aromatic heterocycles. The molecule has 1 N–H and O–H groups in total. The summed E-state index contributed by atoms with van der Waals surface area (Å²) in [6.45, 7) is 2.70. The first-order valence-corrected chi connectivity index (χ1v) is 12.7. The monoisotopic (exact) mass is 556 g/mol. The number of anilines is 1. The number of carbonyl (C=O) groups excluding carboxylic acids is 4. The average molecular weight is 557 g/mol. The van der Waals surface area contributed by atoms with Crippen LogP contribution in [0.4, 0.5) is 10.5 Å². The van der Waals surface area contributed by atoms with E-state index in [0.29, 0.717) is 17.9 Å². The molecular weight excluding hydrogens is 528 g/mol.